The summed E-state index contributed by atoms with van der Waals surface area (Å²) in [7, 11) is 0. The van der Waals surface area contributed by atoms with Crippen LogP contribution in [0.3, 0.4) is 0 Å². The number of nitrogen functional groups attached to an aromatic ring is 1. The van der Waals surface area contributed by atoms with E-state index in [0.29, 0.717) is 0 Å². The second kappa shape index (κ2) is 11.7. The maximum absolute atomic E-state index is 11.0. The van der Waals surface area contributed by atoms with Crippen LogP contribution in [-0.4, -0.2) is 34.6 Å². The molecule has 1 fully saturated rings. The molecular weight excluding hydrogens is 370 g/mol. The van der Waals surface area contributed by atoms with E-state index < -0.39 is 6.10 Å². The second-order valence-corrected chi connectivity index (χ2v) is 9.20. The van der Waals surface area contributed by atoms with Crippen LogP contribution in [0.2, 0.25) is 0 Å². The Morgan fingerprint density at radius 1 is 1.13 bits per heavy atom. The summed E-state index contributed by atoms with van der Waals surface area (Å²) in [6.45, 7) is 8.33. The van der Waals surface area contributed by atoms with Gasteiger partial charge in [-0.3, -0.25) is 4.98 Å². The van der Waals surface area contributed by atoms with Crippen LogP contribution in [0.15, 0.2) is 30.5 Å². The first-order chi connectivity index (χ1) is 14.6. The Morgan fingerprint density at radius 2 is 1.97 bits per heavy atom. The SMILES string of the molecule is CCCCCCCN1CCC(CCC(O)c2ccnc3ccc(N)cc23)C(CC)C1. The molecule has 2 aromatic rings. The zero-order valence-corrected chi connectivity index (χ0v) is 19.0. The predicted molar refractivity (Wildman–Crippen MR) is 127 cm³/mol. The molecule has 2 heterocycles. The highest BCUT2D eigenvalue weighted by atomic mass is 16.3. The Bertz CT molecular complexity index is 778. The quantitative estimate of drug-likeness (QED) is 0.354. The van der Waals surface area contributed by atoms with Crippen molar-refractivity contribution in [3.05, 3.63) is 36.0 Å². The minimum Gasteiger partial charge on any atom is -0.399 e. The summed E-state index contributed by atoms with van der Waals surface area (Å²) < 4.78 is 0. The number of nitrogens with zero attached hydrogens (tertiary/aromatic N) is 2. The summed E-state index contributed by atoms with van der Waals surface area (Å²) in [4.78, 5) is 7.10. The van der Waals surface area contributed by atoms with Crippen LogP contribution >= 0.6 is 0 Å². The third-order valence-corrected chi connectivity index (χ3v) is 7.05. The fraction of sp³-hybridized carbons (Fsp3) is 0.654. The lowest BCUT2D eigenvalue weighted by Gasteiger charge is -2.39. The third kappa shape index (κ3) is 6.18. The van der Waals surface area contributed by atoms with E-state index in [4.69, 9.17) is 5.73 Å². The molecule has 1 saturated heterocycles. The minimum absolute atomic E-state index is 0.452. The van der Waals surface area contributed by atoms with Gasteiger partial charge in [0.1, 0.15) is 0 Å². The summed E-state index contributed by atoms with van der Waals surface area (Å²) >= 11 is 0. The standard InChI is InChI=1S/C26H41N3O/c1-3-5-6-7-8-16-29-17-14-21(20(4-2)19-29)9-12-26(30)23-13-15-28-25-11-10-22(27)18-24(23)25/h10-11,13,15,18,20-21,26,30H,3-9,12,14,16-17,19,27H2,1-2H3. The molecule has 1 aliphatic rings. The average Bonchev–Trinajstić information content (AvgIpc) is 2.77. The number of benzene rings is 1. The van der Waals surface area contributed by atoms with Crippen molar-refractivity contribution in [2.24, 2.45) is 11.8 Å². The smallest absolute Gasteiger partial charge is 0.0797 e. The second-order valence-electron chi connectivity index (χ2n) is 9.20. The number of nitrogens with two attached hydrogens (primary N) is 1. The molecule has 3 unspecified atom stereocenters. The predicted octanol–water partition coefficient (Wildman–Crippen LogP) is 5.95. The molecule has 0 radical (unpaired) electrons. The molecule has 1 aliphatic heterocycles. The largest absolute Gasteiger partial charge is 0.399 e. The van der Waals surface area contributed by atoms with Gasteiger partial charge >= 0.3 is 0 Å². The van der Waals surface area contributed by atoms with Crippen molar-refractivity contribution in [2.75, 3.05) is 25.4 Å². The molecule has 3 rings (SSSR count). The third-order valence-electron chi connectivity index (χ3n) is 7.05. The molecular formula is C26H41N3O. The first-order valence-corrected chi connectivity index (χ1v) is 12.2. The number of anilines is 1. The Labute approximate surface area is 182 Å². The van der Waals surface area contributed by atoms with Crippen molar-refractivity contribution in [1.29, 1.82) is 0 Å². The topological polar surface area (TPSA) is 62.4 Å². The summed E-state index contributed by atoms with van der Waals surface area (Å²) in [6.07, 6.45) is 12.6. The molecule has 1 aromatic carbocycles. The van der Waals surface area contributed by atoms with Crippen molar-refractivity contribution in [3.8, 4) is 0 Å². The van der Waals surface area contributed by atoms with Crippen LogP contribution in [-0.2, 0) is 0 Å². The van der Waals surface area contributed by atoms with Crippen molar-refractivity contribution >= 4 is 16.6 Å². The van der Waals surface area contributed by atoms with E-state index >= 15 is 0 Å². The van der Waals surface area contributed by atoms with Crippen LogP contribution in [0.1, 0.15) is 83.3 Å². The van der Waals surface area contributed by atoms with Crippen LogP contribution in [0.4, 0.5) is 5.69 Å². The number of unbranched alkanes of at least 4 members (excludes halogenated alkanes) is 4. The van der Waals surface area contributed by atoms with Crippen molar-refractivity contribution in [3.63, 3.8) is 0 Å². The number of fused-ring (bicyclic) bond motifs is 1. The zero-order chi connectivity index (χ0) is 21.3. The van der Waals surface area contributed by atoms with Gasteiger partial charge in [0.15, 0.2) is 0 Å². The number of aliphatic hydroxyl groups is 1. The van der Waals surface area contributed by atoms with Gasteiger partial charge in [-0.05, 0) is 80.4 Å². The van der Waals surface area contributed by atoms with Gasteiger partial charge in [-0.1, -0.05) is 46.0 Å². The molecule has 3 N–H and O–H groups in total. The van der Waals surface area contributed by atoms with E-state index in [0.717, 1.165) is 46.8 Å². The van der Waals surface area contributed by atoms with Gasteiger partial charge < -0.3 is 15.7 Å². The van der Waals surface area contributed by atoms with Gasteiger partial charge in [-0.15, -0.1) is 0 Å². The van der Waals surface area contributed by atoms with Crippen LogP contribution in [0.25, 0.3) is 10.9 Å². The maximum atomic E-state index is 11.0. The monoisotopic (exact) mass is 411 g/mol. The number of pyridine rings is 1. The number of aromatic nitrogens is 1. The Kier molecular flexibility index (Phi) is 8.95. The molecule has 166 valence electrons. The van der Waals surface area contributed by atoms with Gasteiger partial charge in [0, 0.05) is 23.8 Å². The highest BCUT2D eigenvalue weighted by Crippen LogP contribution is 2.34. The van der Waals surface area contributed by atoms with Crippen LogP contribution < -0.4 is 5.73 Å². The molecule has 4 nitrogen and oxygen atoms in total. The van der Waals surface area contributed by atoms with E-state index in [1.54, 1.807) is 6.20 Å². The number of rotatable bonds is 11. The molecule has 30 heavy (non-hydrogen) atoms. The zero-order valence-electron chi connectivity index (χ0n) is 19.0. The number of piperidine rings is 1. The van der Waals surface area contributed by atoms with E-state index in [-0.39, 0.29) is 0 Å². The summed E-state index contributed by atoms with van der Waals surface area (Å²) in [5.41, 5.74) is 8.56. The summed E-state index contributed by atoms with van der Waals surface area (Å²) in [6, 6.07) is 7.69. The van der Waals surface area contributed by atoms with Gasteiger partial charge in [0.2, 0.25) is 0 Å². The molecule has 0 bridgehead atoms. The molecule has 3 atom stereocenters. The number of hydrogen-bond acceptors (Lipinski definition) is 4. The summed E-state index contributed by atoms with van der Waals surface area (Å²) in [5, 5.41) is 11.9. The van der Waals surface area contributed by atoms with Crippen LogP contribution in [0, 0.1) is 11.8 Å². The normalized spacial score (nSPS) is 21.2. The highest BCUT2D eigenvalue weighted by Gasteiger charge is 2.28. The lowest BCUT2D eigenvalue weighted by atomic mass is 9.80. The fourth-order valence-corrected chi connectivity index (χ4v) is 5.14. The van der Waals surface area contributed by atoms with Gasteiger partial charge in [0.25, 0.3) is 0 Å². The number of aliphatic hydroxyl groups excluding tert-OH is 1. The van der Waals surface area contributed by atoms with Crippen molar-refractivity contribution < 1.29 is 5.11 Å². The molecule has 4 heteroatoms. The van der Waals surface area contributed by atoms with Crippen LogP contribution in [0.5, 0.6) is 0 Å². The van der Waals surface area contributed by atoms with Crippen molar-refractivity contribution in [1.82, 2.24) is 9.88 Å². The molecule has 0 spiro atoms. The Morgan fingerprint density at radius 3 is 2.77 bits per heavy atom. The minimum atomic E-state index is -0.452. The lowest BCUT2D eigenvalue weighted by Crippen LogP contribution is -2.40. The van der Waals surface area contributed by atoms with Gasteiger partial charge in [-0.25, -0.2) is 0 Å². The highest BCUT2D eigenvalue weighted by molar-refractivity contribution is 5.85. The lowest BCUT2D eigenvalue weighted by molar-refractivity contribution is 0.0903. The van der Waals surface area contributed by atoms with E-state index in [1.807, 2.05) is 24.3 Å². The maximum Gasteiger partial charge on any atom is 0.0797 e. The van der Waals surface area contributed by atoms with E-state index in [2.05, 4.69) is 23.7 Å². The fourth-order valence-electron chi connectivity index (χ4n) is 5.14. The first kappa shape index (κ1) is 23.0. The number of hydrogen-bond donors (Lipinski definition) is 2. The molecule has 0 saturated carbocycles. The number of likely N-dealkylation sites (tertiary alicyclic amines) is 1. The van der Waals surface area contributed by atoms with E-state index in [9.17, 15) is 5.11 Å². The Balaban J connectivity index is 1.51. The first-order valence-electron chi connectivity index (χ1n) is 12.2. The van der Waals surface area contributed by atoms with Crippen molar-refractivity contribution in [2.45, 2.75) is 77.7 Å². The molecule has 1 aromatic heterocycles. The van der Waals surface area contributed by atoms with Gasteiger partial charge in [0.05, 0.1) is 11.6 Å². The molecule has 0 aliphatic carbocycles. The van der Waals surface area contributed by atoms with E-state index in [1.165, 1.54) is 64.6 Å². The van der Waals surface area contributed by atoms with Gasteiger partial charge in [-0.2, -0.15) is 0 Å². The Hall–Kier alpha value is -1.65. The molecule has 0 amide bonds. The summed E-state index contributed by atoms with van der Waals surface area (Å²) in [5.74, 6) is 1.48. The average molecular weight is 412 g/mol.